The molecule has 2 atom stereocenters. The van der Waals surface area contributed by atoms with Crippen molar-refractivity contribution < 1.29 is 0 Å². The van der Waals surface area contributed by atoms with E-state index >= 15 is 0 Å². The lowest BCUT2D eigenvalue weighted by atomic mass is 10.0. The molecule has 1 saturated carbocycles. The van der Waals surface area contributed by atoms with Gasteiger partial charge in [0.15, 0.2) is 0 Å². The smallest absolute Gasteiger partial charge is 0.0458 e. The van der Waals surface area contributed by atoms with Gasteiger partial charge in [0, 0.05) is 15.5 Å². The van der Waals surface area contributed by atoms with Crippen molar-refractivity contribution in [2.24, 2.45) is 0 Å². The molecule has 0 spiro atoms. The molecule has 2 heteroatoms. The predicted molar refractivity (Wildman–Crippen MR) is 78.5 cm³/mol. The Kier molecular flexibility index (Phi) is 4.10. The Labute approximate surface area is 114 Å². The van der Waals surface area contributed by atoms with Crippen LogP contribution in [0.4, 0.5) is 0 Å². The van der Waals surface area contributed by atoms with Crippen LogP contribution in [0.3, 0.4) is 0 Å². The number of hydrogen-bond acceptors (Lipinski definition) is 1. The fourth-order valence-corrected chi connectivity index (χ4v) is 4.50. The second kappa shape index (κ2) is 5.24. The molecule has 0 heterocycles. The SMILES string of the molecule is Cc1cc(C)c(C)c(S[C@H]2CCC[C@@H]2Cl)c1C. The predicted octanol–water partition coefficient (Wildman–Crippen LogP) is 5.17. The molecule has 94 valence electrons. The number of rotatable bonds is 2. The molecule has 1 aromatic carbocycles. The summed E-state index contributed by atoms with van der Waals surface area (Å²) in [5, 5.41) is 0.967. The van der Waals surface area contributed by atoms with Crippen molar-refractivity contribution in [3.05, 3.63) is 28.3 Å². The third-order valence-corrected chi connectivity index (χ3v) is 6.33. The first kappa shape index (κ1) is 13.3. The lowest BCUT2D eigenvalue weighted by Gasteiger charge is -2.19. The summed E-state index contributed by atoms with van der Waals surface area (Å²) in [5.41, 5.74) is 5.68. The first-order chi connectivity index (χ1) is 8.00. The van der Waals surface area contributed by atoms with Gasteiger partial charge in [-0.15, -0.1) is 23.4 Å². The molecule has 0 N–H and O–H groups in total. The molecule has 1 aromatic rings. The third kappa shape index (κ3) is 2.66. The van der Waals surface area contributed by atoms with Crippen molar-refractivity contribution >= 4 is 23.4 Å². The van der Waals surface area contributed by atoms with Crippen LogP contribution < -0.4 is 0 Å². The van der Waals surface area contributed by atoms with Crippen molar-refractivity contribution in [3.8, 4) is 0 Å². The highest BCUT2D eigenvalue weighted by Crippen LogP contribution is 2.41. The maximum absolute atomic E-state index is 6.39. The maximum atomic E-state index is 6.39. The second-order valence-corrected chi connectivity index (χ2v) is 7.00. The zero-order valence-corrected chi connectivity index (χ0v) is 12.7. The maximum Gasteiger partial charge on any atom is 0.0458 e. The summed E-state index contributed by atoms with van der Waals surface area (Å²) in [6, 6.07) is 2.29. The summed E-state index contributed by atoms with van der Waals surface area (Å²) in [6.07, 6.45) is 3.74. The molecule has 0 amide bonds. The number of hydrogen-bond donors (Lipinski definition) is 0. The number of thioether (sulfide) groups is 1. The van der Waals surface area contributed by atoms with Crippen LogP contribution in [0.5, 0.6) is 0 Å². The zero-order chi connectivity index (χ0) is 12.6. The Bertz CT molecular complexity index is 399. The van der Waals surface area contributed by atoms with Gasteiger partial charge in [-0.1, -0.05) is 12.5 Å². The average molecular weight is 269 g/mol. The molecule has 0 saturated heterocycles. The molecule has 0 aromatic heterocycles. The first-order valence-corrected chi connectivity index (χ1v) is 7.70. The summed E-state index contributed by atoms with van der Waals surface area (Å²) >= 11 is 8.40. The van der Waals surface area contributed by atoms with E-state index in [9.17, 15) is 0 Å². The van der Waals surface area contributed by atoms with Crippen molar-refractivity contribution in [1.82, 2.24) is 0 Å². The summed E-state index contributed by atoms with van der Waals surface area (Å²) < 4.78 is 0. The Morgan fingerprint density at radius 1 is 1.06 bits per heavy atom. The largest absolute Gasteiger partial charge is 0.122 e. The topological polar surface area (TPSA) is 0 Å². The monoisotopic (exact) mass is 268 g/mol. The van der Waals surface area contributed by atoms with Gasteiger partial charge >= 0.3 is 0 Å². The van der Waals surface area contributed by atoms with Gasteiger partial charge in [-0.25, -0.2) is 0 Å². The minimum Gasteiger partial charge on any atom is -0.122 e. The minimum absolute atomic E-state index is 0.361. The van der Waals surface area contributed by atoms with E-state index < -0.39 is 0 Å². The average Bonchev–Trinajstić information content (AvgIpc) is 2.68. The number of aryl methyl sites for hydroxylation is 2. The highest BCUT2D eigenvalue weighted by atomic mass is 35.5. The number of halogens is 1. The van der Waals surface area contributed by atoms with E-state index in [-0.39, 0.29) is 0 Å². The van der Waals surface area contributed by atoms with Crippen LogP contribution in [0, 0.1) is 27.7 Å². The molecule has 1 fully saturated rings. The molecule has 17 heavy (non-hydrogen) atoms. The fourth-order valence-electron chi connectivity index (χ4n) is 2.52. The summed E-state index contributed by atoms with van der Waals surface area (Å²) in [4.78, 5) is 1.47. The molecule has 0 nitrogen and oxygen atoms in total. The van der Waals surface area contributed by atoms with Crippen molar-refractivity contribution in [1.29, 1.82) is 0 Å². The van der Waals surface area contributed by atoms with Crippen molar-refractivity contribution in [2.75, 3.05) is 0 Å². The summed E-state index contributed by atoms with van der Waals surface area (Å²) in [5.74, 6) is 0. The van der Waals surface area contributed by atoms with Crippen molar-refractivity contribution in [3.63, 3.8) is 0 Å². The van der Waals surface area contributed by atoms with Gasteiger partial charge in [0.1, 0.15) is 0 Å². The lowest BCUT2D eigenvalue weighted by Crippen LogP contribution is -2.10. The van der Waals surface area contributed by atoms with Crippen molar-refractivity contribution in [2.45, 2.75) is 62.5 Å². The van der Waals surface area contributed by atoms with Crippen LogP contribution >= 0.6 is 23.4 Å². The normalized spacial score (nSPS) is 24.3. The Morgan fingerprint density at radius 2 is 1.65 bits per heavy atom. The van der Waals surface area contributed by atoms with Crippen LogP contribution in [0.25, 0.3) is 0 Å². The van der Waals surface area contributed by atoms with E-state index in [0.29, 0.717) is 10.6 Å². The molecule has 1 aliphatic rings. The lowest BCUT2D eigenvalue weighted by molar-refractivity contribution is 0.888. The molecular weight excluding hydrogens is 248 g/mol. The summed E-state index contributed by atoms with van der Waals surface area (Å²) in [6.45, 7) is 8.89. The van der Waals surface area contributed by atoms with E-state index in [1.165, 1.54) is 46.4 Å². The van der Waals surface area contributed by atoms with Gasteiger partial charge in [-0.05, 0) is 62.8 Å². The molecular formula is C15H21ClS. The standard InChI is InChI=1S/C15H21ClS/c1-9-8-10(2)12(4)15(11(9)3)17-14-7-5-6-13(14)16/h8,13-14H,5-7H2,1-4H3/t13-,14-/m0/s1. The number of alkyl halides is 1. The van der Waals surface area contributed by atoms with Gasteiger partial charge in [0.25, 0.3) is 0 Å². The van der Waals surface area contributed by atoms with Crippen LogP contribution in [-0.4, -0.2) is 10.6 Å². The molecule has 0 bridgehead atoms. The quantitative estimate of drug-likeness (QED) is 0.667. The molecule has 2 rings (SSSR count). The Hall–Kier alpha value is -0.140. The highest BCUT2D eigenvalue weighted by molar-refractivity contribution is 8.00. The van der Waals surface area contributed by atoms with Gasteiger partial charge in [-0.2, -0.15) is 0 Å². The van der Waals surface area contributed by atoms with Crippen LogP contribution in [0.15, 0.2) is 11.0 Å². The molecule has 0 aliphatic heterocycles. The first-order valence-electron chi connectivity index (χ1n) is 6.39. The van der Waals surface area contributed by atoms with Gasteiger partial charge < -0.3 is 0 Å². The highest BCUT2D eigenvalue weighted by Gasteiger charge is 2.27. The Balaban J connectivity index is 2.31. The second-order valence-electron chi connectivity index (χ2n) is 5.19. The van der Waals surface area contributed by atoms with Crippen LogP contribution in [0.2, 0.25) is 0 Å². The molecule has 1 aliphatic carbocycles. The third-order valence-electron chi connectivity index (χ3n) is 3.94. The number of benzene rings is 1. The Morgan fingerprint density at radius 3 is 2.12 bits per heavy atom. The van der Waals surface area contributed by atoms with E-state index in [4.69, 9.17) is 11.6 Å². The van der Waals surface area contributed by atoms with Gasteiger partial charge in [0.05, 0.1) is 0 Å². The van der Waals surface area contributed by atoms with E-state index in [0.717, 1.165) is 0 Å². The van der Waals surface area contributed by atoms with Gasteiger partial charge in [0.2, 0.25) is 0 Å². The molecule has 0 unspecified atom stereocenters. The molecule has 0 radical (unpaired) electrons. The van der Waals surface area contributed by atoms with E-state index in [1.807, 2.05) is 11.8 Å². The van der Waals surface area contributed by atoms with E-state index in [2.05, 4.69) is 33.8 Å². The van der Waals surface area contributed by atoms with Crippen LogP contribution in [0.1, 0.15) is 41.5 Å². The summed E-state index contributed by atoms with van der Waals surface area (Å²) in [7, 11) is 0. The zero-order valence-electron chi connectivity index (χ0n) is 11.1. The minimum atomic E-state index is 0.361. The van der Waals surface area contributed by atoms with Crippen LogP contribution in [-0.2, 0) is 0 Å². The fraction of sp³-hybridized carbons (Fsp3) is 0.600. The van der Waals surface area contributed by atoms with Gasteiger partial charge in [-0.3, -0.25) is 0 Å². The van der Waals surface area contributed by atoms with E-state index in [1.54, 1.807) is 0 Å².